The van der Waals surface area contributed by atoms with E-state index in [1.54, 1.807) is 0 Å². The summed E-state index contributed by atoms with van der Waals surface area (Å²) in [6.45, 7) is 8.99. The third kappa shape index (κ3) is 4.46. The minimum absolute atomic E-state index is 0.156. The lowest BCUT2D eigenvalue weighted by molar-refractivity contribution is 0.102. The predicted octanol–water partition coefficient (Wildman–Crippen LogP) is 5.32. The number of aryl methyl sites for hydroxylation is 2. The standard InChI is InChI=1S/C25H26ClN5O/c1-16-23(26)18(3)30(28-16)15-21-10-12-22(13-11-21)25(32)27-24-17(2)29-31(19(24)4)14-20-8-6-5-7-9-20/h5-13H,14-15H2,1-4H3,(H,27,32). The highest BCUT2D eigenvalue weighted by Gasteiger charge is 2.16. The molecule has 0 saturated heterocycles. The molecule has 0 aliphatic rings. The summed E-state index contributed by atoms with van der Waals surface area (Å²) in [5.41, 5.74) is 7.04. The van der Waals surface area contributed by atoms with Crippen LogP contribution in [0, 0.1) is 27.7 Å². The van der Waals surface area contributed by atoms with Gasteiger partial charge < -0.3 is 5.32 Å². The summed E-state index contributed by atoms with van der Waals surface area (Å²) in [7, 11) is 0. The van der Waals surface area contributed by atoms with E-state index in [4.69, 9.17) is 11.6 Å². The Hall–Kier alpha value is -3.38. The zero-order chi connectivity index (χ0) is 22.8. The van der Waals surface area contributed by atoms with Gasteiger partial charge in [0.2, 0.25) is 0 Å². The van der Waals surface area contributed by atoms with Gasteiger partial charge in [-0.2, -0.15) is 10.2 Å². The van der Waals surface area contributed by atoms with Gasteiger partial charge in [-0.25, -0.2) is 0 Å². The smallest absolute Gasteiger partial charge is 0.255 e. The number of benzene rings is 2. The highest BCUT2D eigenvalue weighted by atomic mass is 35.5. The van der Waals surface area contributed by atoms with E-state index in [0.717, 1.165) is 39.6 Å². The van der Waals surface area contributed by atoms with E-state index in [1.165, 1.54) is 0 Å². The zero-order valence-electron chi connectivity index (χ0n) is 18.7. The van der Waals surface area contributed by atoms with E-state index < -0.39 is 0 Å². The monoisotopic (exact) mass is 447 g/mol. The van der Waals surface area contributed by atoms with Crippen LogP contribution in [0.4, 0.5) is 5.69 Å². The highest BCUT2D eigenvalue weighted by molar-refractivity contribution is 6.31. The molecular formula is C25H26ClN5O. The lowest BCUT2D eigenvalue weighted by Gasteiger charge is -2.09. The summed E-state index contributed by atoms with van der Waals surface area (Å²) >= 11 is 6.24. The van der Waals surface area contributed by atoms with Crippen molar-refractivity contribution < 1.29 is 4.79 Å². The van der Waals surface area contributed by atoms with Crippen LogP contribution in [0.25, 0.3) is 0 Å². The lowest BCUT2D eigenvalue weighted by atomic mass is 10.1. The van der Waals surface area contributed by atoms with Gasteiger partial charge in [0.1, 0.15) is 0 Å². The van der Waals surface area contributed by atoms with E-state index in [0.29, 0.717) is 23.7 Å². The number of anilines is 1. The summed E-state index contributed by atoms with van der Waals surface area (Å²) < 4.78 is 3.80. The molecule has 2 heterocycles. The van der Waals surface area contributed by atoms with Crippen LogP contribution in [0.1, 0.15) is 44.3 Å². The Bertz CT molecular complexity index is 1260. The Labute approximate surface area is 192 Å². The van der Waals surface area contributed by atoms with Gasteiger partial charge in [0.25, 0.3) is 5.91 Å². The van der Waals surface area contributed by atoms with Crippen molar-refractivity contribution in [3.05, 3.63) is 99.1 Å². The fraction of sp³-hybridized carbons (Fsp3) is 0.240. The molecule has 0 radical (unpaired) electrons. The molecule has 0 bridgehead atoms. The number of nitrogens with one attached hydrogen (secondary N) is 1. The van der Waals surface area contributed by atoms with Crippen LogP contribution in [-0.4, -0.2) is 25.5 Å². The maximum Gasteiger partial charge on any atom is 0.255 e. The third-order valence-corrected chi connectivity index (χ3v) is 6.18. The molecule has 32 heavy (non-hydrogen) atoms. The lowest BCUT2D eigenvalue weighted by Crippen LogP contribution is -2.13. The molecule has 0 unspecified atom stereocenters. The minimum atomic E-state index is -0.156. The normalized spacial score (nSPS) is 11.0. The van der Waals surface area contributed by atoms with E-state index >= 15 is 0 Å². The van der Waals surface area contributed by atoms with Crippen molar-refractivity contribution in [2.24, 2.45) is 0 Å². The maximum absolute atomic E-state index is 12.9. The Morgan fingerprint density at radius 1 is 0.812 bits per heavy atom. The molecule has 0 saturated carbocycles. The Balaban J connectivity index is 1.46. The number of halogens is 1. The Morgan fingerprint density at radius 2 is 1.38 bits per heavy atom. The number of amides is 1. The van der Waals surface area contributed by atoms with Crippen LogP contribution in [0.15, 0.2) is 54.6 Å². The third-order valence-electron chi connectivity index (χ3n) is 5.64. The van der Waals surface area contributed by atoms with Crippen LogP contribution >= 0.6 is 11.6 Å². The number of carbonyl (C=O) groups excluding carboxylic acids is 1. The summed E-state index contributed by atoms with van der Waals surface area (Å²) in [5, 5.41) is 12.8. The van der Waals surface area contributed by atoms with E-state index in [1.807, 2.05) is 79.5 Å². The van der Waals surface area contributed by atoms with Crippen molar-refractivity contribution in [3.8, 4) is 0 Å². The number of hydrogen-bond acceptors (Lipinski definition) is 3. The number of rotatable bonds is 6. The fourth-order valence-electron chi connectivity index (χ4n) is 3.74. The van der Waals surface area contributed by atoms with Gasteiger partial charge in [0.15, 0.2) is 0 Å². The van der Waals surface area contributed by atoms with Crippen molar-refractivity contribution in [3.63, 3.8) is 0 Å². The van der Waals surface area contributed by atoms with Gasteiger partial charge in [-0.15, -0.1) is 0 Å². The van der Waals surface area contributed by atoms with Crippen LogP contribution in [0.5, 0.6) is 0 Å². The number of nitrogens with zero attached hydrogens (tertiary/aromatic N) is 4. The van der Waals surface area contributed by atoms with E-state index in [-0.39, 0.29) is 5.91 Å². The van der Waals surface area contributed by atoms with Crippen molar-refractivity contribution in [2.75, 3.05) is 5.32 Å². The van der Waals surface area contributed by atoms with Gasteiger partial charge in [0.05, 0.1) is 46.6 Å². The van der Waals surface area contributed by atoms with Crippen LogP contribution in [-0.2, 0) is 13.1 Å². The van der Waals surface area contributed by atoms with E-state index in [2.05, 4.69) is 27.6 Å². The molecule has 164 valence electrons. The zero-order valence-corrected chi connectivity index (χ0v) is 19.4. The number of carbonyl (C=O) groups is 1. The van der Waals surface area contributed by atoms with Gasteiger partial charge in [0, 0.05) is 5.56 Å². The summed E-state index contributed by atoms with van der Waals surface area (Å²) in [5.74, 6) is -0.156. The van der Waals surface area contributed by atoms with Crippen LogP contribution < -0.4 is 5.32 Å². The summed E-state index contributed by atoms with van der Waals surface area (Å²) in [6.07, 6.45) is 0. The molecule has 0 fully saturated rings. The predicted molar refractivity (Wildman–Crippen MR) is 127 cm³/mol. The van der Waals surface area contributed by atoms with Crippen molar-refractivity contribution in [1.82, 2.24) is 19.6 Å². The molecule has 1 amide bonds. The van der Waals surface area contributed by atoms with Gasteiger partial charge in [-0.1, -0.05) is 54.1 Å². The average Bonchev–Trinajstić information content (AvgIpc) is 3.19. The largest absolute Gasteiger partial charge is 0.319 e. The number of hydrogen-bond donors (Lipinski definition) is 1. The molecule has 2 aromatic heterocycles. The molecule has 0 aliphatic heterocycles. The van der Waals surface area contributed by atoms with Gasteiger partial charge in [-0.3, -0.25) is 14.2 Å². The summed E-state index contributed by atoms with van der Waals surface area (Å²) in [4.78, 5) is 12.9. The molecule has 0 spiro atoms. The van der Waals surface area contributed by atoms with Crippen LogP contribution in [0.3, 0.4) is 0 Å². The molecule has 1 N–H and O–H groups in total. The highest BCUT2D eigenvalue weighted by Crippen LogP contribution is 2.22. The first-order valence-electron chi connectivity index (χ1n) is 10.5. The first-order chi connectivity index (χ1) is 15.3. The molecule has 0 aliphatic carbocycles. The average molecular weight is 448 g/mol. The van der Waals surface area contributed by atoms with Crippen molar-refractivity contribution in [2.45, 2.75) is 40.8 Å². The Kier molecular flexibility index (Phi) is 6.15. The molecule has 0 atom stereocenters. The summed E-state index contributed by atoms with van der Waals surface area (Å²) in [6, 6.07) is 17.7. The first kappa shape index (κ1) is 21.8. The molecule has 2 aromatic carbocycles. The second-order valence-corrected chi connectivity index (χ2v) is 8.36. The Morgan fingerprint density at radius 3 is 1.97 bits per heavy atom. The molecule has 4 rings (SSSR count). The van der Waals surface area contributed by atoms with Crippen LogP contribution in [0.2, 0.25) is 5.02 Å². The molecule has 7 heteroatoms. The second kappa shape index (κ2) is 9.01. The minimum Gasteiger partial charge on any atom is -0.319 e. The second-order valence-electron chi connectivity index (χ2n) is 7.98. The maximum atomic E-state index is 12.9. The quantitative estimate of drug-likeness (QED) is 0.435. The van der Waals surface area contributed by atoms with Crippen molar-refractivity contribution in [1.29, 1.82) is 0 Å². The van der Waals surface area contributed by atoms with Crippen molar-refractivity contribution >= 4 is 23.2 Å². The topological polar surface area (TPSA) is 64.7 Å². The van der Waals surface area contributed by atoms with Gasteiger partial charge in [-0.05, 0) is 51.0 Å². The first-order valence-corrected chi connectivity index (χ1v) is 10.9. The van der Waals surface area contributed by atoms with Gasteiger partial charge >= 0.3 is 0 Å². The number of aromatic nitrogens is 4. The fourth-order valence-corrected chi connectivity index (χ4v) is 3.87. The molecule has 6 nitrogen and oxygen atoms in total. The van der Waals surface area contributed by atoms with E-state index in [9.17, 15) is 4.79 Å². The molecular weight excluding hydrogens is 422 g/mol. The SMILES string of the molecule is Cc1nn(Cc2ccc(C(=O)Nc3c(C)nn(Cc4ccccc4)c3C)cc2)c(C)c1Cl. The molecule has 4 aromatic rings.